The number of aryl methyl sites for hydroxylation is 1. The monoisotopic (exact) mass is 288 g/mol. The Kier molecular flexibility index (Phi) is 5.90. The Bertz CT molecular complexity index is 517. The molecule has 0 saturated heterocycles. The molecule has 0 aromatic heterocycles. The second kappa shape index (κ2) is 6.98. The zero-order valence-corrected chi connectivity index (χ0v) is 12.1. The predicted molar refractivity (Wildman–Crippen MR) is 74.8 cm³/mol. The van der Waals surface area contributed by atoms with Crippen molar-refractivity contribution < 1.29 is 12.8 Å². The maximum absolute atomic E-state index is 13.8. The van der Waals surface area contributed by atoms with Gasteiger partial charge >= 0.3 is 0 Å². The molecule has 0 aliphatic rings. The van der Waals surface area contributed by atoms with Gasteiger partial charge in [-0.25, -0.2) is 12.8 Å². The van der Waals surface area contributed by atoms with Gasteiger partial charge in [0.15, 0.2) is 0 Å². The lowest BCUT2D eigenvalue weighted by Crippen LogP contribution is -2.29. The van der Waals surface area contributed by atoms with Crippen molar-refractivity contribution in [2.75, 3.05) is 11.5 Å². The number of hydrogen-bond acceptors (Lipinski definition) is 4. The topological polar surface area (TPSA) is 72.2 Å². The van der Waals surface area contributed by atoms with Crippen LogP contribution < -0.4 is 11.3 Å². The molecular weight excluding hydrogens is 267 g/mol. The molecular formula is C13H21FN2O2S. The smallest absolute Gasteiger partial charge is 0.150 e. The van der Waals surface area contributed by atoms with Crippen molar-refractivity contribution >= 4 is 9.84 Å². The number of sulfone groups is 1. The first-order chi connectivity index (χ1) is 8.89. The summed E-state index contributed by atoms with van der Waals surface area (Å²) < 4.78 is 36.6. The van der Waals surface area contributed by atoms with Gasteiger partial charge in [-0.15, -0.1) is 0 Å². The molecule has 19 heavy (non-hydrogen) atoms. The van der Waals surface area contributed by atoms with Crippen molar-refractivity contribution in [3.8, 4) is 0 Å². The Hall–Kier alpha value is -0.980. The normalized spacial score (nSPS) is 13.5. The first-order valence-corrected chi connectivity index (χ1v) is 8.14. The van der Waals surface area contributed by atoms with Crippen LogP contribution in [0.4, 0.5) is 4.39 Å². The molecule has 0 heterocycles. The minimum absolute atomic E-state index is 0.106. The van der Waals surface area contributed by atoms with Gasteiger partial charge in [-0.2, -0.15) is 0 Å². The summed E-state index contributed by atoms with van der Waals surface area (Å²) in [6, 6.07) is 4.57. The number of nitrogens with two attached hydrogens (primary N) is 1. The molecule has 108 valence electrons. The van der Waals surface area contributed by atoms with Gasteiger partial charge in [0.05, 0.1) is 5.75 Å². The summed E-state index contributed by atoms with van der Waals surface area (Å²) in [5, 5.41) is 0. The quantitative estimate of drug-likeness (QED) is 0.593. The number of rotatable bonds is 7. The van der Waals surface area contributed by atoms with E-state index in [0.29, 0.717) is 18.4 Å². The van der Waals surface area contributed by atoms with E-state index >= 15 is 0 Å². The molecule has 1 unspecified atom stereocenters. The molecule has 0 fully saturated rings. The molecule has 0 aliphatic carbocycles. The van der Waals surface area contributed by atoms with Crippen molar-refractivity contribution in [2.45, 2.75) is 32.7 Å². The lowest BCUT2D eigenvalue weighted by atomic mass is 10.0. The summed E-state index contributed by atoms with van der Waals surface area (Å²) in [6.07, 6.45) is 0.939. The summed E-state index contributed by atoms with van der Waals surface area (Å²) >= 11 is 0. The number of hydrazine groups is 1. The fraction of sp³-hybridized carbons (Fsp3) is 0.538. The summed E-state index contributed by atoms with van der Waals surface area (Å²) in [6.45, 7) is 3.43. The largest absolute Gasteiger partial charge is 0.271 e. The minimum Gasteiger partial charge on any atom is -0.271 e. The number of hydrogen-bond donors (Lipinski definition) is 2. The zero-order chi connectivity index (χ0) is 14.5. The molecule has 1 atom stereocenters. The van der Waals surface area contributed by atoms with Crippen LogP contribution in [0.3, 0.4) is 0 Å². The Morgan fingerprint density at radius 3 is 2.63 bits per heavy atom. The van der Waals surface area contributed by atoms with Gasteiger partial charge in [0.2, 0.25) is 0 Å². The van der Waals surface area contributed by atoms with E-state index in [-0.39, 0.29) is 23.4 Å². The number of nitrogens with one attached hydrogen (secondary N) is 1. The van der Waals surface area contributed by atoms with Crippen molar-refractivity contribution in [1.29, 1.82) is 0 Å². The first-order valence-electron chi connectivity index (χ1n) is 6.32. The Morgan fingerprint density at radius 2 is 2.11 bits per heavy atom. The highest BCUT2D eigenvalue weighted by atomic mass is 32.2. The van der Waals surface area contributed by atoms with Crippen molar-refractivity contribution in [1.82, 2.24) is 5.43 Å². The predicted octanol–water partition coefficient (Wildman–Crippen LogP) is 1.85. The average Bonchev–Trinajstić information content (AvgIpc) is 2.36. The summed E-state index contributed by atoms with van der Waals surface area (Å²) in [7, 11) is -2.98. The Labute approximate surface area is 114 Å². The molecule has 6 heteroatoms. The highest BCUT2D eigenvalue weighted by Gasteiger charge is 2.16. The second-order valence-corrected chi connectivity index (χ2v) is 7.10. The van der Waals surface area contributed by atoms with Gasteiger partial charge in [0.25, 0.3) is 0 Å². The van der Waals surface area contributed by atoms with E-state index in [2.05, 4.69) is 5.43 Å². The van der Waals surface area contributed by atoms with Gasteiger partial charge in [0.1, 0.15) is 15.7 Å². The van der Waals surface area contributed by atoms with E-state index in [4.69, 9.17) is 5.84 Å². The fourth-order valence-corrected chi connectivity index (χ4v) is 2.79. The maximum atomic E-state index is 13.8. The van der Waals surface area contributed by atoms with Crippen LogP contribution in [0, 0.1) is 12.7 Å². The third kappa shape index (κ3) is 4.89. The molecule has 1 aromatic carbocycles. The van der Waals surface area contributed by atoms with Gasteiger partial charge in [0, 0.05) is 17.4 Å². The van der Waals surface area contributed by atoms with E-state index in [1.165, 1.54) is 6.07 Å². The number of benzene rings is 1. The van der Waals surface area contributed by atoms with Gasteiger partial charge < -0.3 is 0 Å². The summed E-state index contributed by atoms with van der Waals surface area (Å²) in [5.74, 6) is 5.35. The van der Waals surface area contributed by atoms with E-state index < -0.39 is 9.84 Å². The van der Waals surface area contributed by atoms with Crippen LogP contribution in [0.2, 0.25) is 0 Å². The van der Waals surface area contributed by atoms with Crippen LogP contribution >= 0.6 is 0 Å². The molecule has 3 N–H and O–H groups in total. The third-order valence-corrected chi connectivity index (χ3v) is 4.91. The molecule has 0 aliphatic heterocycles. The van der Waals surface area contributed by atoms with Crippen molar-refractivity contribution in [2.24, 2.45) is 5.84 Å². The second-order valence-electron chi connectivity index (χ2n) is 4.62. The minimum atomic E-state index is -2.98. The molecule has 1 aromatic rings. The standard InChI is InChI=1S/C13H21FN2O2S/c1-3-19(17,18)8-4-5-13(16-15)11-7-6-10(2)9-12(11)14/h6-7,9,13,16H,3-5,8,15H2,1-2H3. The van der Waals surface area contributed by atoms with Crippen molar-refractivity contribution in [3.05, 3.63) is 35.1 Å². The molecule has 0 radical (unpaired) electrons. The van der Waals surface area contributed by atoms with Crippen LogP contribution in [0.1, 0.15) is 36.9 Å². The lowest BCUT2D eigenvalue weighted by molar-refractivity contribution is 0.479. The van der Waals surface area contributed by atoms with E-state index in [1.807, 2.05) is 13.0 Å². The lowest BCUT2D eigenvalue weighted by Gasteiger charge is -2.17. The molecule has 4 nitrogen and oxygen atoms in total. The Morgan fingerprint density at radius 1 is 1.42 bits per heavy atom. The van der Waals surface area contributed by atoms with Crippen LogP contribution in [0.25, 0.3) is 0 Å². The van der Waals surface area contributed by atoms with E-state index in [0.717, 1.165) is 5.56 Å². The molecule has 0 spiro atoms. The van der Waals surface area contributed by atoms with Gasteiger partial charge in [-0.3, -0.25) is 11.3 Å². The van der Waals surface area contributed by atoms with Gasteiger partial charge in [-0.1, -0.05) is 19.1 Å². The van der Waals surface area contributed by atoms with E-state index in [1.54, 1.807) is 13.0 Å². The average molecular weight is 288 g/mol. The molecule has 1 rings (SSSR count). The number of halogens is 1. The van der Waals surface area contributed by atoms with Crippen LogP contribution in [0.5, 0.6) is 0 Å². The summed E-state index contributed by atoms with van der Waals surface area (Å²) in [5.41, 5.74) is 3.86. The summed E-state index contributed by atoms with van der Waals surface area (Å²) in [4.78, 5) is 0. The van der Waals surface area contributed by atoms with Crippen LogP contribution in [-0.4, -0.2) is 19.9 Å². The highest BCUT2D eigenvalue weighted by molar-refractivity contribution is 7.91. The van der Waals surface area contributed by atoms with Gasteiger partial charge in [-0.05, 0) is 31.4 Å². The fourth-order valence-electron chi connectivity index (χ4n) is 1.90. The first kappa shape index (κ1) is 16.1. The third-order valence-electron chi connectivity index (χ3n) is 3.12. The molecule has 0 saturated carbocycles. The SMILES string of the molecule is CCS(=O)(=O)CCCC(NN)c1ccc(C)cc1F. The zero-order valence-electron chi connectivity index (χ0n) is 11.3. The van der Waals surface area contributed by atoms with E-state index in [9.17, 15) is 12.8 Å². The maximum Gasteiger partial charge on any atom is 0.150 e. The molecule has 0 amide bonds. The van der Waals surface area contributed by atoms with Crippen LogP contribution in [-0.2, 0) is 9.84 Å². The highest BCUT2D eigenvalue weighted by Crippen LogP contribution is 2.22. The Balaban J connectivity index is 2.68. The van der Waals surface area contributed by atoms with Crippen molar-refractivity contribution in [3.63, 3.8) is 0 Å². The molecule has 0 bridgehead atoms. The van der Waals surface area contributed by atoms with Crippen LogP contribution in [0.15, 0.2) is 18.2 Å².